The molecule has 129 heavy (non-hydrogen) atoms. The molecule has 0 aromatic carbocycles. The summed E-state index contributed by atoms with van der Waals surface area (Å²) in [6.45, 7) is 53.2. The van der Waals surface area contributed by atoms with Crippen LogP contribution in [0.25, 0.3) is 0 Å². The minimum absolute atomic E-state index is 0.0231. The van der Waals surface area contributed by atoms with Gasteiger partial charge in [-0.25, -0.2) is 61.6 Å². The van der Waals surface area contributed by atoms with E-state index >= 15 is 0 Å². The van der Waals surface area contributed by atoms with E-state index in [1.54, 1.807) is 148 Å². The predicted octanol–water partition coefficient (Wildman–Crippen LogP) is 14.9. The number of halogens is 3. The van der Waals surface area contributed by atoms with Crippen molar-refractivity contribution in [2.75, 3.05) is 51.6 Å². The number of Topliss-reactive ketones (excluding diaryl/α,β-unsaturated/α-hetero) is 5. The Labute approximate surface area is 767 Å². The number of hydrogen-bond donors (Lipinski definition) is 3. The molecule has 0 radical (unpaired) electrons. The van der Waals surface area contributed by atoms with Gasteiger partial charge in [0.15, 0.2) is 34.7 Å². The van der Waals surface area contributed by atoms with Gasteiger partial charge in [0.05, 0.1) is 36.0 Å². The molecule has 3 N–H and O–H groups in total. The van der Waals surface area contributed by atoms with E-state index < -0.39 is 158 Å². The van der Waals surface area contributed by atoms with Crippen molar-refractivity contribution in [2.45, 2.75) is 376 Å². The van der Waals surface area contributed by atoms with Gasteiger partial charge in [-0.15, -0.1) is 23.4 Å². The maximum atomic E-state index is 13.2. The highest BCUT2D eigenvalue weighted by atomic mass is 35.5. The lowest BCUT2D eigenvalue weighted by atomic mass is 9.91. The topological polar surface area (TPSA) is 447 Å². The molecule has 0 aromatic rings. The molecule has 8 amide bonds. The first-order chi connectivity index (χ1) is 58.7. The van der Waals surface area contributed by atoms with Gasteiger partial charge >= 0.3 is 66.5 Å². The Balaban J connectivity index is 0.000000380. The van der Waals surface area contributed by atoms with Crippen LogP contribution in [0.5, 0.6) is 0 Å². The lowest BCUT2D eigenvalue weighted by Crippen LogP contribution is -2.52. The summed E-state index contributed by atoms with van der Waals surface area (Å²) >= 11 is 7.20. The largest absolute Gasteiger partial charge is 0.480 e. The number of carboxylic acids is 3. The molecule has 0 spiro atoms. The van der Waals surface area contributed by atoms with Gasteiger partial charge in [-0.2, -0.15) is 0 Å². The first-order valence-electron chi connectivity index (χ1n) is 44.2. The van der Waals surface area contributed by atoms with E-state index in [-0.39, 0.29) is 84.6 Å². The molecule has 736 valence electrons. The van der Waals surface area contributed by atoms with Crippen molar-refractivity contribution in [1.29, 1.82) is 0 Å². The van der Waals surface area contributed by atoms with Gasteiger partial charge in [0.25, 0.3) is 5.91 Å². The molecule has 0 aromatic heterocycles. The zero-order chi connectivity index (χ0) is 99.6. The van der Waals surface area contributed by atoms with Crippen LogP contribution in [0.15, 0.2) is 0 Å². The number of fused-ring (bicyclic) bond motifs is 2. The average molecular weight is 1880 g/mol. The van der Waals surface area contributed by atoms with Crippen molar-refractivity contribution in [3.05, 3.63) is 0 Å². The Bertz CT molecular complexity index is 3890. The molecule has 39 heteroatoms. The van der Waals surface area contributed by atoms with Crippen LogP contribution in [-0.4, -0.2) is 301 Å². The van der Waals surface area contributed by atoms with E-state index in [0.29, 0.717) is 106 Å². The Morgan fingerprint density at radius 3 is 1.31 bits per heavy atom. The number of carboxylic acid groups (broad SMARTS) is 3. The zero-order valence-corrected chi connectivity index (χ0v) is 82.7. The normalized spacial score (nSPS) is 27.2. The summed E-state index contributed by atoms with van der Waals surface area (Å²) in [6.07, 6.45) is 0.625. The Hall–Kier alpha value is -8.71. The Morgan fingerprint density at radius 2 is 0.884 bits per heavy atom. The number of carbonyl (C=O) groups is 17. The third-order valence-corrected chi connectivity index (χ3v) is 23.2. The Kier molecular flexibility index (Phi) is 41.8. The third kappa shape index (κ3) is 36.1. The molecule has 35 nitrogen and oxygen atoms in total. The fourth-order valence-electron chi connectivity index (χ4n) is 16.0. The fourth-order valence-corrected chi connectivity index (χ4v) is 17.4. The summed E-state index contributed by atoms with van der Waals surface area (Å²) in [6, 6.07) is -2.73. The van der Waals surface area contributed by atoms with Gasteiger partial charge in [0.1, 0.15) is 68.8 Å². The van der Waals surface area contributed by atoms with Gasteiger partial charge in [-0.05, 0) is 274 Å². The molecule has 3 aliphatic carbocycles. The van der Waals surface area contributed by atoms with Crippen molar-refractivity contribution in [2.24, 2.45) is 41.4 Å². The summed E-state index contributed by atoms with van der Waals surface area (Å²) in [4.78, 5) is 205. The standard InChI is InChI=1S/C14H23NO3.C12H19NO3.C11H18ClNO3.C11H16FNO4.C11H17FO3.2C11H19NO4.C9H15NO4S/c1-9(16)12-11-7-5-6-10(11)8-15(12)13(17)18-14(2,3)4;1-7(14)10-9-5-8(9)6-13(10)11(15)16-12(2,3)4;1-7(14)9-5-8(12)6-13(9)10(15)16-11(2,3)4;1-6(14)8-5-7(12)9(15)13(8)10(16)17-11(2,3)4;1-3-10(13)8-5-7(12)6-9(8)11(14)15-4-2;1-10(2,3)16-9(15)12-7-5-6-11(12,4)8(13)14;1-7-5-6-12(8(7)9(13)14)10(15)16-11(2,3)4;1-9(2,3)14-8(13)10-4-5-15-6(10)7(11)12/h10-12H,5-8H2,1-4H3;8-10H,5-6H2,1-4H3;8-9H,5-6H2,1-4H3;7-8H,5H2,1-4H3;7-9H,3-6H2,1-2H3;5-7H2,1-4H3,(H,13,14);7-8H,5-6H2,1-4H3,(H,13,14);6H,4-5H2,1-3H3,(H,11,12). The van der Waals surface area contributed by atoms with Crippen molar-refractivity contribution in [3.63, 3.8) is 0 Å². The number of alkyl halides is 3. The maximum Gasteiger partial charge on any atom is 0.417 e. The number of thioether (sulfide) groups is 1. The first kappa shape index (κ1) is 114. The number of amides is 8. The molecule has 7 saturated heterocycles. The summed E-state index contributed by atoms with van der Waals surface area (Å²) < 4.78 is 67.6. The third-order valence-electron chi connectivity index (χ3n) is 21.7. The van der Waals surface area contributed by atoms with Gasteiger partial charge in [0.2, 0.25) is 0 Å². The molecule has 17 unspecified atom stereocenters. The highest BCUT2D eigenvalue weighted by molar-refractivity contribution is 8.00. The number of carbonyl (C=O) groups excluding carboxylic acids is 14. The van der Waals surface area contributed by atoms with Crippen LogP contribution >= 0.6 is 23.4 Å². The number of ether oxygens (including phenoxy) is 8. The predicted molar refractivity (Wildman–Crippen MR) is 472 cm³/mol. The monoisotopic (exact) mass is 1880 g/mol. The van der Waals surface area contributed by atoms with Crippen LogP contribution < -0.4 is 0 Å². The minimum Gasteiger partial charge on any atom is -0.480 e. The smallest absolute Gasteiger partial charge is 0.417 e. The van der Waals surface area contributed by atoms with Crippen LogP contribution in [-0.2, 0) is 85.8 Å². The van der Waals surface area contributed by atoms with Crippen molar-refractivity contribution < 1.29 is 144 Å². The van der Waals surface area contributed by atoms with E-state index in [1.165, 1.54) is 51.6 Å². The van der Waals surface area contributed by atoms with Crippen LogP contribution in [0.3, 0.4) is 0 Å². The van der Waals surface area contributed by atoms with E-state index in [1.807, 2.05) is 48.5 Å². The quantitative estimate of drug-likeness (QED) is 0.0982. The van der Waals surface area contributed by atoms with Crippen LogP contribution in [0.4, 0.5) is 42.3 Å². The van der Waals surface area contributed by atoms with Crippen LogP contribution in [0, 0.1) is 41.4 Å². The number of esters is 1. The zero-order valence-electron chi connectivity index (χ0n) is 81.1. The van der Waals surface area contributed by atoms with E-state index in [4.69, 9.17) is 64.8 Å². The fraction of sp³-hybridized carbons (Fsp3) is 0.811. The molecule has 7 heterocycles. The molecular formula is C90H146ClF2N7O28S. The van der Waals surface area contributed by atoms with Crippen LogP contribution in [0.1, 0.15) is 278 Å². The number of likely N-dealkylation sites (tertiary alicyclic amines) is 6. The SMILES string of the molecule is CC(=O)C1C2CC2CN1C(=O)OC(C)(C)C.CC(=O)C1C2CCCC2CN1C(=O)OC(C)(C)C.CC(=O)C1CC(Cl)CN1C(=O)OC(C)(C)C.CC(=O)C1CC(F)C(=O)N1C(=O)OC(C)(C)C.CC(C)(C)OC(=O)N1CCCC1(C)C(=O)O.CC(C)(C)OC(=O)N1CCSC1C(=O)O.CC1CCN(C(=O)OC(C)(C)C)C1C(=O)O.CCOC(=O)C1CC(F)CC1C(=O)CC. The number of rotatable bonds is 11. The first-order valence-corrected chi connectivity index (χ1v) is 45.7. The number of imide groups is 1. The van der Waals surface area contributed by atoms with Gasteiger partial charge in [0, 0.05) is 63.8 Å². The molecule has 3 saturated carbocycles. The second-order valence-corrected chi connectivity index (χ2v) is 42.9. The second-order valence-electron chi connectivity index (χ2n) is 41.1. The molecule has 17 atom stereocenters. The number of aliphatic carboxylic acids is 3. The molecule has 10 rings (SSSR count). The maximum absolute atomic E-state index is 13.2. The number of ketones is 5. The molecule has 10 aliphatic rings. The average Bonchev–Trinajstić information content (AvgIpc) is 1.59. The minimum atomic E-state index is -1.81. The summed E-state index contributed by atoms with van der Waals surface area (Å²) in [5.41, 5.74) is -5.25. The number of nitrogens with zero attached hydrogens (tertiary/aromatic N) is 7. The van der Waals surface area contributed by atoms with Gasteiger partial charge in [-0.3, -0.25) is 63.0 Å². The van der Waals surface area contributed by atoms with E-state index in [0.717, 1.165) is 19.3 Å². The lowest BCUT2D eigenvalue weighted by molar-refractivity contribution is -0.151. The van der Waals surface area contributed by atoms with E-state index in [9.17, 15) is 90.3 Å². The van der Waals surface area contributed by atoms with Crippen molar-refractivity contribution >= 4 is 125 Å². The number of piperidine rings is 1. The van der Waals surface area contributed by atoms with Crippen molar-refractivity contribution in [1.82, 2.24) is 34.3 Å². The molecule has 0 bridgehead atoms. The molecule has 7 aliphatic heterocycles. The molecule has 10 fully saturated rings. The molecular weight excluding hydrogens is 1730 g/mol. The second kappa shape index (κ2) is 47.1. The number of hydrogen-bond acceptors (Lipinski definition) is 26. The summed E-state index contributed by atoms with van der Waals surface area (Å²) in [5, 5.41) is 26.1. The van der Waals surface area contributed by atoms with Gasteiger partial charge in [-0.1, -0.05) is 20.3 Å². The van der Waals surface area contributed by atoms with Crippen LogP contribution in [0.2, 0.25) is 0 Å². The van der Waals surface area contributed by atoms with Gasteiger partial charge < -0.3 is 53.2 Å². The van der Waals surface area contributed by atoms with Crippen molar-refractivity contribution in [3.8, 4) is 0 Å². The summed E-state index contributed by atoms with van der Waals surface area (Å²) in [5.74, 6) is -3.35. The lowest BCUT2D eigenvalue weighted by Gasteiger charge is -2.32. The van der Waals surface area contributed by atoms with E-state index in [2.05, 4.69) is 0 Å². The highest BCUT2D eigenvalue weighted by Crippen LogP contribution is 2.50. The highest BCUT2D eigenvalue weighted by Gasteiger charge is 2.57. The summed E-state index contributed by atoms with van der Waals surface area (Å²) in [7, 11) is 0. The Morgan fingerprint density at radius 1 is 0.457 bits per heavy atom.